The van der Waals surface area contributed by atoms with E-state index in [9.17, 15) is 9.18 Å². The molecule has 0 aliphatic rings. The predicted octanol–water partition coefficient (Wildman–Crippen LogP) is 1.83. The van der Waals surface area contributed by atoms with Gasteiger partial charge in [-0.2, -0.15) is 0 Å². The fourth-order valence-electron chi connectivity index (χ4n) is 1.50. The Labute approximate surface area is 120 Å². The second-order valence-electron chi connectivity index (χ2n) is 4.04. The lowest BCUT2D eigenvalue weighted by Crippen LogP contribution is -2.34. The molecule has 0 radical (unpaired) electrons. The SMILES string of the molecule is COCCCNC(=O)CNCc1cc(Br)ccc1F. The summed E-state index contributed by atoms with van der Waals surface area (Å²) in [7, 11) is 1.62. The van der Waals surface area contributed by atoms with Crippen molar-refractivity contribution in [3.05, 3.63) is 34.1 Å². The number of carbonyl (C=O) groups excluding carboxylic acids is 1. The number of hydrogen-bond acceptors (Lipinski definition) is 3. The van der Waals surface area contributed by atoms with Crippen molar-refractivity contribution >= 4 is 21.8 Å². The summed E-state index contributed by atoms with van der Waals surface area (Å²) >= 11 is 3.28. The number of hydrogen-bond donors (Lipinski definition) is 2. The second kappa shape index (κ2) is 9.01. The van der Waals surface area contributed by atoms with Crippen LogP contribution in [0.25, 0.3) is 0 Å². The van der Waals surface area contributed by atoms with Crippen molar-refractivity contribution in [2.75, 3.05) is 26.8 Å². The van der Waals surface area contributed by atoms with E-state index in [1.807, 2.05) is 0 Å². The van der Waals surface area contributed by atoms with Crippen molar-refractivity contribution in [1.82, 2.24) is 10.6 Å². The van der Waals surface area contributed by atoms with E-state index in [4.69, 9.17) is 4.74 Å². The molecule has 0 aliphatic heterocycles. The standard InChI is InChI=1S/C13H18BrFN2O2/c1-19-6-2-5-17-13(18)9-16-8-10-7-11(14)3-4-12(10)15/h3-4,7,16H,2,5-6,8-9H2,1H3,(H,17,18). The van der Waals surface area contributed by atoms with E-state index in [0.29, 0.717) is 25.3 Å². The van der Waals surface area contributed by atoms with Crippen molar-refractivity contribution in [2.24, 2.45) is 0 Å². The molecule has 0 saturated heterocycles. The Bertz CT molecular complexity index is 416. The van der Waals surface area contributed by atoms with E-state index >= 15 is 0 Å². The number of amides is 1. The molecule has 2 N–H and O–H groups in total. The van der Waals surface area contributed by atoms with Gasteiger partial charge in [0.2, 0.25) is 5.91 Å². The van der Waals surface area contributed by atoms with Gasteiger partial charge >= 0.3 is 0 Å². The molecular weight excluding hydrogens is 315 g/mol. The highest BCUT2D eigenvalue weighted by Gasteiger charge is 2.04. The second-order valence-corrected chi connectivity index (χ2v) is 4.95. The third-order valence-corrected chi connectivity index (χ3v) is 2.95. The van der Waals surface area contributed by atoms with Gasteiger partial charge in [-0.1, -0.05) is 15.9 Å². The molecule has 6 heteroatoms. The van der Waals surface area contributed by atoms with E-state index in [1.54, 1.807) is 19.2 Å². The van der Waals surface area contributed by atoms with Crippen LogP contribution in [-0.2, 0) is 16.1 Å². The third kappa shape index (κ3) is 6.66. The molecule has 0 unspecified atom stereocenters. The van der Waals surface area contributed by atoms with Gasteiger partial charge in [-0.15, -0.1) is 0 Å². The van der Waals surface area contributed by atoms with E-state index in [1.165, 1.54) is 6.07 Å². The lowest BCUT2D eigenvalue weighted by Gasteiger charge is -2.07. The molecule has 0 bridgehead atoms. The Hall–Kier alpha value is -0.980. The third-order valence-electron chi connectivity index (χ3n) is 2.46. The first-order valence-electron chi connectivity index (χ1n) is 6.03. The van der Waals surface area contributed by atoms with Crippen LogP contribution in [0.1, 0.15) is 12.0 Å². The molecule has 106 valence electrons. The minimum atomic E-state index is -0.281. The van der Waals surface area contributed by atoms with Crippen molar-refractivity contribution in [3.8, 4) is 0 Å². The number of nitrogens with one attached hydrogen (secondary N) is 2. The summed E-state index contributed by atoms with van der Waals surface area (Å²) in [6.45, 7) is 1.69. The van der Waals surface area contributed by atoms with Gasteiger partial charge in [-0.05, 0) is 24.6 Å². The van der Waals surface area contributed by atoms with Crippen LogP contribution in [0.4, 0.5) is 4.39 Å². The van der Waals surface area contributed by atoms with Gasteiger partial charge < -0.3 is 15.4 Å². The maximum atomic E-state index is 13.4. The van der Waals surface area contributed by atoms with Gasteiger partial charge in [0.05, 0.1) is 6.54 Å². The molecule has 4 nitrogen and oxygen atoms in total. The van der Waals surface area contributed by atoms with Crippen LogP contribution in [0.15, 0.2) is 22.7 Å². The Morgan fingerprint density at radius 3 is 3.00 bits per heavy atom. The zero-order valence-electron chi connectivity index (χ0n) is 10.8. The summed E-state index contributed by atoms with van der Waals surface area (Å²) in [4.78, 5) is 11.4. The molecular formula is C13H18BrFN2O2. The van der Waals surface area contributed by atoms with E-state index < -0.39 is 0 Å². The predicted molar refractivity (Wildman–Crippen MR) is 75.3 cm³/mol. The van der Waals surface area contributed by atoms with Crippen LogP contribution in [0.3, 0.4) is 0 Å². The average molecular weight is 333 g/mol. The lowest BCUT2D eigenvalue weighted by atomic mass is 10.2. The maximum absolute atomic E-state index is 13.4. The van der Waals surface area contributed by atoms with Gasteiger partial charge in [0.25, 0.3) is 0 Å². The molecule has 1 amide bonds. The lowest BCUT2D eigenvalue weighted by molar-refractivity contribution is -0.120. The van der Waals surface area contributed by atoms with Gasteiger partial charge in [0.1, 0.15) is 5.82 Å². The van der Waals surface area contributed by atoms with Gasteiger partial charge in [0.15, 0.2) is 0 Å². The van der Waals surface area contributed by atoms with Crippen molar-refractivity contribution in [1.29, 1.82) is 0 Å². The van der Waals surface area contributed by atoms with Crippen molar-refractivity contribution < 1.29 is 13.9 Å². The van der Waals surface area contributed by atoms with Crippen LogP contribution >= 0.6 is 15.9 Å². The zero-order valence-corrected chi connectivity index (χ0v) is 12.4. The van der Waals surface area contributed by atoms with Crippen LogP contribution in [0.5, 0.6) is 0 Å². The highest BCUT2D eigenvalue weighted by molar-refractivity contribution is 9.10. The number of halogens is 2. The minimum Gasteiger partial charge on any atom is -0.385 e. The number of benzene rings is 1. The minimum absolute atomic E-state index is 0.105. The van der Waals surface area contributed by atoms with E-state index in [0.717, 1.165) is 10.9 Å². The van der Waals surface area contributed by atoms with Crippen molar-refractivity contribution in [3.63, 3.8) is 0 Å². The van der Waals surface area contributed by atoms with Gasteiger partial charge in [0, 0.05) is 36.8 Å². The zero-order chi connectivity index (χ0) is 14.1. The summed E-state index contributed by atoms with van der Waals surface area (Å²) in [5.41, 5.74) is 0.529. The van der Waals surface area contributed by atoms with Gasteiger partial charge in [-0.3, -0.25) is 4.79 Å². The Morgan fingerprint density at radius 2 is 2.26 bits per heavy atom. The maximum Gasteiger partial charge on any atom is 0.233 e. The molecule has 0 aliphatic carbocycles. The largest absolute Gasteiger partial charge is 0.385 e. The van der Waals surface area contributed by atoms with Crippen LogP contribution in [0, 0.1) is 5.82 Å². The first-order chi connectivity index (χ1) is 9.13. The molecule has 0 spiro atoms. The molecule has 1 rings (SSSR count). The molecule has 0 aromatic heterocycles. The van der Waals surface area contributed by atoms with E-state index in [-0.39, 0.29) is 18.3 Å². The first kappa shape index (κ1) is 16.1. The molecule has 1 aromatic carbocycles. The van der Waals surface area contributed by atoms with Crippen LogP contribution < -0.4 is 10.6 Å². The Balaban J connectivity index is 2.22. The number of methoxy groups -OCH3 is 1. The molecule has 0 saturated carbocycles. The summed E-state index contributed by atoms with van der Waals surface area (Å²) in [6.07, 6.45) is 0.780. The summed E-state index contributed by atoms with van der Waals surface area (Å²) < 4.78 is 19.1. The number of rotatable bonds is 8. The molecule has 1 aromatic rings. The van der Waals surface area contributed by atoms with E-state index in [2.05, 4.69) is 26.6 Å². The summed E-state index contributed by atoms with van der Waals surface area (Å²) in [6, 6.07) is 4.73. The van der Waals surface area contributed by atoms with Crippen LogP contribution in [0.2, 0.25) is 0 Å². The fourth-order valence-corrected chi connectivity index (χ4v) is 1.90. The normalized spacial score (nSPS) is 10.5. The highest BCUT2D eigenvalue weighted by atomic mass is 79.9. The summed E-state index contributed by atoms with van der Waals surface area (Å²) in [5.74, 6) is -0.386. The van der Waals surface area contributed by atoms with Crippen LogP contribution in [-0.4, -0.2) is 32.7 Å². The van der Waals surface area contributed by atoms with Gasteiger partial charge in [-0.25, -0.2) is 4.39 Å². The molecule has 0 atom stereocenters. The highest BCUT2D eigenvalue weighted by Crippen LogP contribution is 2.15. The fraction of sp³-hybridized carbons (Fsp3) is 0.462. The Morgan fingerprint density at radius 1 is 1.47 bits per heavy atom. The molecule has 0 fully saturated rings. The summed E-state index contributed by atoms with van der Waals surface area (Å²) in [5, 5.41) is 5.65. The molecule has 0 heterocycles. The smallest absolute Gasteiger partial charge is 0.233 e. The molecule has 19 heavy (non-hydrogen) atoms. The quantitative estimate of drug-likeness (QED) is 0.714. The topological polar surface area (TPSA) is 50.4 Å². The number of ether oxygens (including phenoxy) is 1. The Kier molecular flexibility index (Phi) is 7.62. The first-order valence-corrected chi connectivity index (χ1v) is 6.83. The number of carbonyl (C=O) groups is 1. The average Bonchev–Trinajstić information content (AvgIpc) is 2.39. The van der Waals surface area contributed by atoms with Crippen molar-refractivity contribution in [2.45, 2.75) is 13.0 Å². The monoisotopic (exact) mass is 332 g/mol.